The fourth-order valence-electron chi connectivity index (χ4n) is 5.73. The average molecular weight is 645 g/mol. The fourth-order valence-corrected chi connectivity index (χ4v) is 6.02. The van der Waals surface area contributed by atoms with E-state index in [4.69, 9.17) is 23.8 Å². The summed E-state index contributed by atoms with van der Waals surface area (Å²) in [6.45, 7) is 2.21. The van der Waals surface area contributed by atoms with Crippen molar-refractivity contribution < 1.29 is 27.6 Å². The molecular formula is C30H32ClF3N8O3. The number of benzene rings is 1. The summed E-state index contributed by atoms with van der Waals surface area (Å²) in [5.74, 6) is 1.35. The first-order valence-electron chi connectivity index (χ1n) is 14.4. The molecule has 3 N–H and O–H groups in total. The van der Waals surface area contributed by atoms with Gasteiger partial charge in [0.1, 0.15) is 6.54 Å². The number of aromatic nitrogens is 4. The first-order valence-corrected chi connectivity index (χ1v) is 14.8. The number of urea groups is 1. The Balaban J connectivity index is 1.20. The van der Waals surface area contributed by atoms with Gasteiger partial charge in [0.15, 0.2) is 17.3 Å². The van der Waals surface area contributed by atoms with Gasteiger partial charge in [0.25, 0.3) is 5.91 Å². The van der Waals surface area contributed by atoms with Gasteiger partial charge in [-0.2, -0.15) is 18.3 Å². The Morgan fingerprint density at radius 3 is 2.49 bits per heavy atom. The molecule has 0 bridgehead atoms. The number of imidazole rings is 1. The third-order valence-corrected chi connectivity index (χ3v) is 8.45. The number of likely N-dealkylation sites (tertiary alicyclic amines) is 2. The lowest BCUT2D eigenvalue weighted by molar-refractivity contribution is -0.141. The van der Waals surface area contributed by atoms with Crippen LogP contribution in [-0.2, 0) is 19.8 Å². The van der Waals surface area contributed by atoms with Crippen LogP contribution in [0.3, 0.4) is 0 Å². The van der Waals surface area contributed by atoms with Gasteiger partial charge in [-0.15, -0.1) is 6.42 Å². The number of Topliss-reactive ketones (excluding diaryl/α,β-unsaturated/α-hetero) is 1. The summed E-state index contributed by atoms with van der Waals surface area (Å²) in [6.07, 6.45) is 5.25. The van der Waals surface area contributed by atoms with Gasteiger partial charge in [0.05, 0.1) is 22.5 Å². The van der Waals surface area contributed by atoms with Crippen LogP contribution in [0.15, 0.2) is 30.6 Å². The van der Waals surface area contributed by atoms with E-state index in [9.17, 15) is 27.6 Å². The molecule has 2 aliphatic heterocycles. The van der Waals surface area contributed by atoms with Gasteiger partial charge in [-0.1, -0.05) is 17.5 Å². The molecular weight excluding hydrogens is 613 g/mol. The molecule has 4 heterocycles. The van der Waals surface area contributed by atoms with Crippen LogP contribution in [0.2, 0.25) is 5.02 Å². The third kappa shape index (κ3) is 6.99. The molecule has 3 aromatic rings. The number of carbonyl (C=O) groups excluding carboxylic acids is 3. The van der Waals surface area contributed by atoms with Crippen LogP contribution in [0, 0.1) is 18.3 Å². The zero-order valence-electron chi connectivity index (χ0n) is 24.5. The number of halogens is 4. The van der Waals surface area contributed by atoms with Gasteiger partial charge >= 0.3 is 12.2 Å². The van der Waals surface area contributed by atoms with Crippen LogP contribution >= 0.6 is 11.6 Å². The van der Waals surface area contributed by atoms with Crippen molar-refractivity contribution in [2.75, 3.05) is 31.5 Å². The molecule has 1 aromatic carbocycles. The zero-order chi connectivity index (χ0) is 32.5. The van der Waals surface area contributed by atoms with Crippen LogP contribution in [0.25, 0.3) is 11.3 Å². The summed E-state index contributed by atoms with van der Waals surface area (Å²) in [5, 5.41) is 6.32. The molecule has 0 unspecified atom stereocenters. The molecule has 45 heavy (non-hydrogen) atoms. The molecule has 5 rings (SSSR count). The molecule has 2 aliphatic rings. The standard InChI is InChI=1S/C30H32ClF3N8O3/c1-3-9-42-17-22(26(38-42)30(32,33)34)24-15-36-27(39(24)2)28(44)37-20-4-5-21(23(31)14-20)25(43)13-18-6-10-40(11-7-18)29(45)41-12-8-19(35)16-41/h1,4-5,14-15,17-19H,6-13,16,35H2,2H3,(H,37,44)/t19-/m1/s1. The van der Waals surface area contributed by atoms with Gasteiger partial charge in [0.2, 0.25) is 0 Å². The molecule has 2 saturated heterocycles. The Hall–Kier alpha value is -4.35. The number of carbonyl (C=O) groups is 3. The summed E-state index contributed by atoms with van der Waals surface area (Å²) in [6, 6.07) is 4.50. The smallest absolute Gasteiger partial charge is 0.326 e. The van der Waals surface area contributed by atoms with Crippen molar-refractivity contribution in [2.45, 2.75) is 44.4 Å². The number of hydrogen-bond donors (Lipinski definition) is 2. The lowest BCUT2D eigenvalue weighted by atomic mass is 9.90. The van der Waals surface area contributed by atoms with Crippen LogP contribution in [0.4, 0.5) is 23.7 Å². The van der Waals surface area contributed by atoms with Crippen molar-refractivity contribution in [1.29, 1.82) is 0 Å². The SMILES string of the molecule is C#CCn1cc(-c2cnc(C(=O)Nc3ccc(C(=O)CC4CCN(C(=O)N5CC[C@@H](N)C5)CC4)c(Cl)c3)n2C)c(C(F)(F)F)n1. The zero-order valence-corrected chi connectivity index (χ0v) is 25.2. The molecule has 1 atom stereocenters. The number of nitrogens with zero attached hydrogens (tertiary/aromatic N) is 6. The van der Waals surface area contributed by atoms with E-state index in [0.29, 0.717) is 44.6 Å². The highest BCUT2D eigenvalue weighted by Gasteiger charge is 2.38. The average Bonchev–Trinajstić information content (AvgIpc) is 3.71. The number of alkyl halides is 3. The summed E-state index contributed by atoms with van der Waals surface area (Å²) >= 11 is 6.43. The Morgan fingerprint density at radius 1 is 1.16 bits per heavy atom. The largest absolute Gasteiger partial charge is 0.435 e. The predicted octanol–water partition coefficient (Wildman–Crippen LogP) is 4.28. The van der Waals surface area contributed by atoms with E-state index in [2.05, 4.69) is 21.3 Å². The van der Waals surface area contributed by atoms with E-state index in [1.54, 1.807) is 4.90 Å². The second-order valence-electron chi connectivity index (χ2n) is 11.3. The van der Waals surface area contributed by atoms with E-state index in [0.717, 1.165) is 23.5 Å². The Morgan fingerprint density at radius 2 is 1.87 bits per heavy atom. The monoisotopic (exact) mass is 644 g/mol. The number of anilines is 1. The molecule has 0 spiro atoms. The lowest BCUT2D eigenvalue weighted by Crippen LogP contribution is -2.46. The molecule has 11 nitrogen and oxygen atoms in total. The van der Waals surface area contributed by atoms with Crippen molar-refractivity contribution >= 4 is 35.0 Å². The van der Waals surface area contributed by atoms with Crippen LogP contribution < -0.4 is 11.1 Å². The van der Waals surface area contributed by atoms with Gasteiger partial charge in [-0.25, -0.2) is 9.78 Å². The van der Waals surface area contributed by atoms with Crippen molar-refractivity contribution in [1.82, 2.24) is 29.1 Å². The highest BCUT2D eigenvalue weighted by molar-refractivity contribution is 6.34. The number of piperidine rings is 1. The fraction of sp³-hybridized carbons (Fsp3) is 0.433. The van der Waals surface area contributed by atoms with E-state index in [1.165, 1.54) is 29.8 Å². The highest BCUT2D eigenvalue weighted by atomic mass is 35.5. The molecule has 0 saturated carbocycles. The van der Waals surface area contributed by atoms with Crippen LogP contribution in [0.1, 0.15) is 52.4 Å². The number of ketones is 1. The number of amides is 3. The van der Waals surface area contributed by atoms with Gasteiger partial charge < -0.3 is 25.4 Å². The van der Waals surface area contributed by atoms with Gasteiger partial charge in [0, 0.05) is 63.1 Å². The van der Waals surface area contributed by atoms with E-state index < -0.39 is 17.8 Å². The van der Waals surface area contributed by atoms with E-state index in [-0.39, 0.29) is 64.5 Å². The second kappa shape index (κ2) is 12.9. The number of terminal acetylenes is 1. The lowest BCUT2D eigenvalue weighted by Gasteiger charge is -2.34. The maximum atomic E-state index is 13.6. The normalized spacial score (nSPS) is 17.4. The quantitative estimate of drug-likeness (QED) is 0.292. The van der Waals surface area contributed by atoms with Crippen molar-refractivity contribution in [3.63, 3.8) is 0 Å². The molecule has 3 amide bonds. The number of nitrogens with one attached hydrogen (secondary N) is 1. The molecule has 0 radical (unpaired) electrons. The summed E-state index contributed by atoms with van der Waals surface area (Å²) < 4.78 is 43.2. The Bertz CT molecular complexity index is 1650. The van der Waals surface area contributed by atoms with Crippen molar-refractivity contribution in [3.05, 3.63) is 52.7 Å². The first-order chi connectivity index (χ1) is 21.3. The molecule has 15 heteroatoms. The summed E-state index contributed by atoms with van der Waals surface area (Å²) in [4.78, 5) is 46.5. The number of nitrogens with two attached hydrogens (primary N) is 1. The number of rotatable bonds is 7. The van der Waals surface area contributed by atoms with Crippen molar-refractivity contribution in [2.24, 2.45) is 18.7 Å². The van der Waals surface area contributed by atoms with Crippen LogP contribution in [-0.4, -0.2) is 79.1 Å². The minimum absolute atomic E-state index is 0.00240. The van der Waals surface area contributed by atoms with Crippen LogP contribution in [0.5, 0.6) is 0 Å². The minimum atomic E-state index is -4.75. The molecule has 0 aliphatic carbocycles. The Labute approximate surface area is 262 Å². The minimum Gasteiger partial charge on any atom is -0.326 e. The maximum Gasteiger partial charge on any atom is 0.435 e. The molecule has 2 fully saturated rings. The first kappa shape index (κ1) is 32.1. The third-order valence-electron chi connectivity index (χ3n) is 8.13. The summed E-state index contributed by atoms with van der Waals surface area (Å²) in [5.41, 5.74) is 5.11. The Kier molecular flexibility index (Phi) is 9.22. The van der Waals surface area contributed by atoms with Gasteiger partial charge in [-0.05, 0) is 43.4 Å². The molecule has 238 valence electrons. The molecule has 2 aromatic heterocycles. The van der Waals surface area contributed by atoms with Gasteiger partial charge in [-0.3, -0.25) is 14.3 Å². The predicted molar refractivity (Wildman–Crippen MR) is 160 cm³/mol. The second-order valence-corrected chi connectivity index (χ2v) is 11.7. The van der Waals surface area contributed by atoms with Crippen molar-refractivity contribution in [3.8, 4) is 23.6 Å². The van der Waals surface area contributed by atoms with E-state index in [1.807, 2.05) is 4.90 Å². The number of hydrogen-bond acceptors (Lipinski definition) is 6. The van der Waals surface area contributed by atoms with E-state index >= 15 is 0 Å². The maximum absolute atomic E-state index is 13.6. The topological polar surface area (TPSA) is 131 Å². The summed E-state index contributed by atoms with van der Waals surface area (Å²) in [7, 11) is 1.41. The highest BCUT2D eigenvalue weighted by Crippen LogP contribution is 2.36.